The second kappa shape index (κ2) is 7.61. The Labute approximate surface area is 87.0 Å². The summed E-state index contributed by atoms with van der Waals surface area (Å²) in [6.45, 7) is 5.91. The molecule has 2 nitrogen and oxygen atoms in total. The molecule has 0 saturated carbocycles. The Morgan fingerprint density at radius 3 is 2.57 bits per heavy atom. The maximum atomic E-state index is 8.92. The number of methoxy groups -OCH3 is 1. The molecule has 0 aromatic heterocycles. The normalized spacial score (nSPS) is 15.6. The monoisotopic (exact) mass is 196 g/mol. The average Bonchev–Trinajstić information content (AvgIpc) is 2.22. The summed E-state index contributed by atoms with van der Waals surface area (Å²) < 4.78 is 5.29. The van der Waals surface area contributed by atoms with Gasteiger partial charge in [-0.1, -0.05) is 24.5 Å². The van der Waals surface area contributed by atoms with Gasteiger partial charge in [0.15, 0.2) is 0 Å². The number of ether oxygens (including phenoxy) is 1. The molecule has 2 heteroatoms. The Balaban J connectivity index is 4.57. The number of hydrogen-bond acceptors (Lipinski definition) is 2. The van der Waals surface area contributed by atoms with Crippen LogP contribution in [0.4, 0.5) is 0 Å². The Hall–Kier alpha value is -0.780. The lowest BCUT2D eigenvalue weighted by Gasteiger charge is -2.17. The molecule has 0 saturated heterocycles. The molecule has 0 aliphatic rings. The highest BCUT2D eigenvalue weighted by Crippen LogP contribution is 2.15. The molecule has 0 spiro atoms. The molecule has 14 heavy (non-hydrogen) atoms. The lowest BCUT2D eigenvalue weighted by molar-refractivity contribution is 0.112. The minimum Gasteiger partial charge on any atom is -0.392 e. The van der Waals surface area contributed by atoms with Gasteiger partial charge in [0.1, 0.15) is 6.10 Å². The molecule has 0 aromatic carbocycles. The summed E-state index contributed by atoms with van der Waals surface area (Å²) in [5, 5.41) is 8.92. The van der Waals surface area contributed by atoms with Crippen molar-refractivity contribution >= 4 is 0 Å². The lowest BCUT2D eigenvalue weighted by atomic mass is 9.97. The molecule has 0 rings (SSSR count). The molecule has 0 fully saturated rings. The topological polar surface area (TPSA) is 29.5 Å². The summed E-state index contributed by atoms with van der Waals surface area (Å²) in [6.07, 6.45) is 2.94. The minimum atomic E-state index is -0.0634. The fourth-order valence-electron chi connectivity index (χ4n) is 1.32. The second-order valence-corrected chi connectivity index (χ2v) is 3.29. The van der Waals surface area contributed by atoms with Crippen molar-refractivity contribution in [1.29, 1.82) is 0 Å². The zero-order valence-corrected chi connectivity index (χ0v) is 9.50. The third kappa shape index (κ3) is 4.45. The second-order valence-electron chi connectivity index (χ2n) is 3.29. The van der Waals surface area contributed by atoms with Gasteiger partial charge in [-0.3, -0.25) is 0 Å². The number of hydrogen-bond donors (Lipinski definition) is 1. The van der Waals surface area contributed by atoms with Crippen molar-refractivity contribution < 1.29 is 9.84 Å². The van der Waals surface area contributed by atoms with Crippen molar-refractivity contribution in [1.82, 2.24) is 0 Å². The molecule has 0 aliphatic carbocycles. The molecule has 0 radical (unpaired) electrons. The maximum Gasteiger partial charge on any atom is 0.124 e. The van der Waals surface area contributed by atoms with E-state index in [0.29, 0.717) is 0 Å². The quantitative estimate of drug-likeness (QED) is 0.538. The molecule has 2 atom stereocenters. The van der Waals surface area contributed by atoms with Crippen LogP contribution < -0.4 is 0 Å². The standard InChI is InChI=1S/C12H20O2/c1-5-7-12(14-4)11(6-2)8-10(3)9-13/h8,11-13H,6,9H2,1-4H3. The molecule has 80 valence electrons. The summed E-state index contributed by atoms with van der Waals surface area (Å²) in [5.41, 5.74) is 0.969. The molecule has 1 N–H and O–H groups in total. The van der Waals surface area contributed by atoms with E-state index >= 15 is 0 Å². The van der Waals surface area contributed by atoms with Gasteiger partial charge >= 0.3 is 0 Å². The van der Waals surface area contributed by atoms with Gasteiger partial charge in [0.2, 0.25) is 0 Å². The first-order valence-electron chi connectivity index (χ1n) is 4.92. The molecule has 2 unspecified atom stereocenters. The van der Waals surface area contributed by atoms with Crippen molar-refractivity contribution in [3.8, 4) is 11.8 Å². The van der Waals surface area contributed by atoms with Gasteiger partial charge < -0.3 is 9.84 Å². The van der Waals surface area contributed by atoms with Crippen LogP contribution in [0.2, 0.25) is 0 Å². The van der Waals surface area contributed by atoms with E-state index in [4.69, 9.17) is 9.84 Å². The lowest BCUT2D eigenvalue weighted by Crippen LogP contribution is -2.19. The van der Waals surface area contributed by atoms with Crippen LogP contribution >= 0.6 is 0 Å². The van der Waals surface area contributed by atoms with E-state index in [0.717, 1.165) is 12.0 Å². The zero-order valence-electron chi connectivity index (χ0n) is 9.50. The molecule has 0 amide bonds. The summed E-state index contributed by atoms with van der Waals surface area (Å²) >= 11 is 0. The molecule has 0 bridgehead atoms. The predicted molar refractivity (Wildman–Crippen MR) is 58.9 cm³/mol. The average molecular weight is 196 g/mol. The van der Waals surface area contributed by atoms with Crippen molar-refractivity contribution in [3.05, 3.63) is 11.6 Å². The number of rotatable bonds is 5. The molecular weight excluding hydrogens is 176 g/mol. The summed E-state index contributed by atoms with van der Waals surface area (Å²) in [7, 11) is 1.67. The van der Waals surface area contributed by atoms with Crippen LogP contribution in [-0.4, -0.2) is 24.9 Å². The van der Waals surface area contributed by atoms with Crippen LogP contribution in [0.25, 0.3) is 0 Å². The molecular formula is C12H20O2. The predicted octanol–water partition coefficient (Wildman–Crippen LogP) is 1.99. The first-order valence-corrected chi connectivity index (χ1v) is 4.92. The molecule has 0 heterocycles. The molecule has 0 aliphatic heterocycles. The van der Waals surface area contributed by atoms with Gasteiger partial charge in [-0.15, -0.1) is 5.92 Å². The zero-order chi connectivity index (χ0) is 11.0. The van der Waals surface area contributed by atoms with Crippen molar-refractivity contribution in [3.63, 3.8) is 0 Å². The Morgan fingerprint density at radius 2 is 2.21 bits per heavy atom. The van der Waals surface area contributed by atoms with Crippen LogP contribution in [0.3, 0.4) is 0 Å². The van der Waals surface area contributed by atoms with E-state index < -0.39 is 0 Å². The number of aliphatic hydroxyl groups excluding tert-OH is 1. The minimum absolute atomic E-state index is 0.0634. The first kappa shape index (κ1) is 13.2. The van der Waals surface area contributed by atoms with Crippen molar-refractivity contribution in [2.45, 2.75) is 33.3 Å². The van der Waals surface area contributed by atoms with Crippen LogP contribution in [0, 0.1) is 17.8 Å². The van der Waals surface area contributed by atoms with Gasteiger partial charge in [0, 0.05) is 13.0 Å². The number of aliphatic hydroxyl groups is 1. The van der Waals surface area contributed by atoms with Crippen LogP contribution in [0.1, 0.15) is 27.2 Å². The Kier molecular flexibility index (Phi) is 7.18. The van der Waals surface area contributed by atoms with Crippen LogP contribution in [0.5, 0.6) is 0 Å². The highest BCUT2D eigenvalue weighted by molar-refractivity contribution is 5.11. The Morgan fingerprint density at radius 1 is 1.57 bits per heavy atom. The summed E-state index contributed by atoms with van der Waals surface area (Å²) in [5.74, 6) is 6.14. The first-order chi connectivity index (χ1) is 6.69. The highest BCUT2D eigenvalue weighted by Gasteiger charge is 2.14. The van der Waals surface area contributed by atoms with Crippen molar-refractivity contribution in [2.24, 2.45) is 5.92 Å². The SMILES string of the molecule is CC#CC(OC)C(C=C(C)CO)CC. The van der Waals surface area contributed by atoms with E-state index in [-0.39, 0.29) is 18.6 Å². The van der Waals surface area contributed by atoms with E-state index in [1.165, 1.54) is 0 Å². The smallest absolute Gasteiger partial charge is 0.124 e. The van der Waals surface area contributed by atoms with E-state index in [1.807, 2.05) is 13.0 Å². The summed E-state index contributed by atoms with van der Waals surface area (Å²) in [6, 6.07) is 0. The fraction of sp³-hybridized carbons (Fsp3) is 0.667. The van der Waals surface area contributed by atoms with Gasteiger partial charge in [-0.25, -0.2) is 0 Å². The molecule has 0 aromatic rings. The van der Waals surface area contributed by atoms with Gasteiger partial charge in [-0.2, -0.15) is 0 Å². The van der Waals surface area contributed by atoms with Gasteiger partial charge in [0.25, 0.3) is 0 Å². The summed E-state index contributed by atoms with van der Waals surface area (Å²) in [4.78, 5) is 0. The van der Waals surface area contributed by atoms with Gasteiger partial charge in [0.05, 0.1) is 6.61 Å². The van der Waals surface area contributed by atoms with Crippen LogP contribution in [-0.2, 0) is 4.74 Å². The highest BCUT2D eigenvalue weighted by atomic mass is 16.5. The third-order valence-electron chi connectivity index (χ3n) is 2.15. The van der Waals surface area contributed by atoms with Crippen LogP contribution in [0.15, 0.2) is 11.6 Å². The third-order valence-corrected chi connectivity index (χ3v) is 2.15. The van der Waals surface area contributed by atoms with Gasteiger partial charge in [-0.05, 0) is 20.3 Å². The largest absolute Gasteiger partial charge is 0.392 e. The van der Waals surface area contributed by atoms with E-state index in [2.05, 4.69) is 18.8 Å². The maximum absolute atomic E-state index is 8.92. The Bertz CT molecular complexity index is 232. The van der Waals surface area contributed by atoms with E-state index in [9.17, 15) is 0 Å². The fourth-order valence-corrected chi connectivity index (χ4v) is 1.32. The van der Waals surface area contributed by atoms with E-state index in [1.54, 1.807) is 14.0 Å². The van der Waals surface area contributed by atoms with Crippen molar-refractivity contribution in [2.75, 3.05) is 13.7 Å².